The highest BCUT2D eigenvalue weighted by Crippen LogP contribution is 2.22. The zero-order chi connectivity index (χ0) is 22.4. The topological polar surface area (TPSA) is 115 Å². The van der Waals surface area contributed by atoms with Gasteiger partial charge in [-0.25, -0.2) is 0 Å². The molecule has 3 aromatic rings. The number of hydrogen-bond donors (Lipinski definition) is 4. The van der Waals surface area contributed by atoms with Crippen molar-refractivity contribution in [1.82, 2.24) is 0 Å². The average Bonchev–Trinajstić information content (AvgIpc) is 2.72. The molecule has 3 rings (SSSR count). The van der Waals surface area contributed by atoms with E-state index in [4.69, 9.17) is 20.4 Å². The molecule has 0 radical (unpaired) electrons. The van der Waals surface area contributed by atoms with E-state index in [-0.39, 0.29) is 29.9 Å². The number of hydrogen-bond acceptors (Lipinski definition) is 4. The second-order valence-corrected chi connectivity index (χ2v) is 6.05. The van der Waals surface area contributed by atoms with Gasteiger partial charge in [-0.1, -0.05) is 73.3 Å². The van der Waals surface area contributed by atoms with E-state index in [1.54, 1.807) is 12.1 Å². The van der Waals surface area contributed by atoms with Crippen LogP contribution in [-0.2, 0) is 22.4 Å². The van der Waals surface area contributed by atoms with Crippen molar-refractivity contribution in [2.45, 2.75) is 12.8 Å². The molecule has 0 saturated heterocycles. The molecule has 0 spiro atoms. The molecule has 0 heterocycles. The summed E-state index contributed by atoms with van der Waals surface area (Å²) >= 11 is 0. The van der Waals surface area contributed by atoms with Crippen LogP contribution in [0.4, 0.5) is 0 Å². The Bertz CT molecular complexity index is 936. The molecule has 0 aliphatic heterocycles. The molecule has 6 nitrogen and oxygen atoms in total. The second kappa shape index (κ2) is 13.2. The lowest BCUT2D eigenvalue weighted by Gasteiger charge is -2.00. The molecule has 0 unspecified atom stereocenters. The first kappa shape index (κ1) is 24.0. The third kappa shape index (κ3) is 10.3. The molecule has 0 fully saturated rings. The molecule has 3 aromatic carbocycles. The first-order valence-corrected chi connectivity index (χ1v) is 8.97. The Morgan fingerprint density at radius 2 is 1.30 bits per heavy atom. The summed E-state index contributed by atoms with van der Waals surface area (Å²) in [5.41, 5.74) is 2.23. The predicted molar refractivity (Wildman–Crippen MR) is 115 cm³/mol. The van der Waals surface area contributed by atoms with Crippen LogP contribution >= 0.6 is 0 Å². The first-order valence-electron chi connectivity index (χ1n) is 8.97. The van der Waals surface area contributed by atoms with Gasteiger partial charge in [0.05, 0.1) is 12.8 Å². The zero-order valence-corrected chi connectivity index (χ0v) is 16.3. The van der Waals surface area contributed by atoms with Crippen molar-refractivity contribution in [3.05, 3.63) is 102 Å². The summed E-state index contributed by atoms with van der Waals surface area (Å²) in [6, 6.07) is 22.9. The van der Waals surface area contributed by atoms with Crippen molar-refractivity contribution >= 4 is 18.0 Å². The lowest BCUT2D eigenvalue weighted by molar-refractivity contribution is -0.137. The number of phenols is 2. The van der Waals surface area contributed by atoms with Crippen LogP contribution in [-0.4, -0.2) is 32.4 Å². The lowest BCUT2D eigenvalue weighted by atomic mass is 10.1. The Morgan fingerprint density at radius 1 is 0.767 bits per heavy atom. The number of aromatic hydroxyl groups is 2. The van der Waals surface area contributed by atoms with Crippen molar-refractivity contribution in [1.29, 1.82) is 0 Å². The number of benzene rings is 3. The quantitative estimate of drug-likeness (QED) is 0.466. The van der Waals surface area contributed by atoms with Crippen molar-refractivity contribution in [3.63, 3.8) is 0 Å². The van der Waals surface area contributed by atoms with Crippen LogP contribution in [0.25, 0.3) is 6.08 Å². The van der Waals surface area contributed by atoms with Gasteiger partial charge < -0.3 is 20.4 Å². The maximum atomic E-state index is 10.2. The summed E-state index contributed by atoms with van der Waals surface area (Å²) in [5, 5.41) is 34.8. The van der Waals surface area contributed by atoms with E-state index in [1.165, 1.54) is 23.8 Å². The van der Waals surface area contributed by atoms with Gasteiger partial charge in [-0.15, -0.1) is 0 Å². The first-order chi connectivity index (χ1) is 14.3. The van der Waals surface area contributed by atoms with Crippen LogP contribution in [0.1, 0.15) is 16.7 Å². The Balaban J connectivity index is 0.000000230. The molecule has 0 bridgehead atoms. The molecular formula is C24H24O6. The molecular weight excluding hydrogens is 384 g/mol. The van der Waals surface area contributed by atoms with E-state index < -0.39 is 11.9 Å². The Labute approximate surface area is 175 Å². The summed E-state index contributed by atoms with van der Waals surface area (Å²) in [6.45, 7) is 3.63. The fourth-order valence-electron chi connectivity index (χ4n) is 2.24. The minimum Gasteiger partial charge on any atom is -0.508 e. The highest BCUT2D eigenvalue weighted by Gasteiger charge is 2.06. The van der Waals surface area contributed by atoms with E-state index >= 15 is 0 Å². The monoisotopic (exact) mass is 408 g/mol. The van der Waals surface area contributed by atoms with Gasteiger partial charge in [0.1, 0.15) is 11.5 Å². The minimum atomic E-state index is -1.05. The van der Waals surface area contributed by atoms with E-state index in [0.717, 1.165) is 5.56 Å². The van der Waals surface area contributed by atoms with Gasteiger partial charge in [-0.3, -0.25) is 9.59 Å². The smallest absolute Gasteiger partial charge is 0.307 e. The van der Waals surface area contributed by atoms with Crippen molar-refractivity contribution in [2.75, 3.05) is 0 Å². The van der Waals surface area contributed by atoms with Gasteiger partial charge >= 0.3 is 11.9 Å². The van der Waals surface area contributed by atoms with Crippen LogP contribution in [0, 0.1) is 0 Å². The number of aliphatic carboxylic acids is 2. The third-order valence-electron chi connectivity index (χ3n) is 3.64. The maximum absolute atomic E-state index is 10.2. The van der Waals surface area contributed by atoms with Crippen LogP contribution in [0.15, 0.2) is 85.4 Å². The van der Waals surface area contributed by atoms with Gasteiger partial charge in [0.2, 0.25) is 0 Å². The van der Waals surface area contributed by atoms with Gasteiger partial charge in [0.25, 0.3) is 0 Å². The summed E-state index contributed by atoms with van der Waals surface area (Å²) < 4.78 is 0. The molecule has 0 amide bonds. The second-order valence-electron chi connectivity index (χ2n) is 6.05. The predicted octanol–water partition coefficient (Wildman–Crippen LogP) is 4.37. The number of carbonyl (C=O) groups is 2. The molecule has 0 aliphatic rings. The summed E-state index contributed by atoms with van der Waals surface area (Å²) in [4.78, 5) is 20.4. The Hall–Kier alpha value is -4.06. The summed E-state index contributed by atoms with van der Waals surface area (Å²) in [7, 11) is 0. The van der Waals surface area contributed by atoms with Gasteiger partial charge in [-0.2, -0.15) is 0 Å². The van der Waals surface area contributed by atoms with Crippen LogP contribution in [0.5, 0.6) is 11.5 Å². The summed E-state index contributed by atoms with van der Waals surface area (Å²) in [5.74, 6) is -2.00. The largest absolute Gasteiger partial charge is 0.508 e. The van der Waals surface area contributed by atoms with E-state index in [2.05, 4.69) is 6.58 Å². The van der Waals surface area contributed by atoms with Crippen LogP contribution in [0.3, 0.4) is 0 Å². The molecule has 6 heteroatoms. The molecule has 0 aromatic heterocycles. The highest BCUT2D eigenvalue weighted by molar-refractivity contribution is 5.71. The summed E-state index contributed by atoms with van der Waals surface area (Å²) in [6.07, 6.45) is 1.65. The highest BCUT2D eigenvalue weighted by atomic mass is 16.4. The number of phenolic OH excluding ortho intramolecular Hbond substituents is 2. The van der Waals surface area contributed by atoms with Gasteiger partial charge in [0, 0.05) is 5.56 Å². The maximum Gasteiger partial charge on any atom is 0.307 e. The normalized spacial score (nSPS) is 9.20. The Morgan fingerprint density at radius 3 is 1.77 bits per heavy atom. The van der Waals surface area contributed by atoms with Crippen LogP contribution in [0.2, 0.25) is 0 Å². The van der Waals surface area contributed by atoms with Crippen molar-refractivity contribution in [3.8, 4) is 11.5 Å². The minimum absolute atomic E-state index is 0.0518. The number of rotatable bonds is 5. The lowest BCUT2D eigenvalue weighted by Crippen LogP contribution is -1.99. The number of carboxylic acid groups (broad SMARTS) is 2. The average molecular weight is 408 g/mol. The molecule has 0 atom stereocenters. The number of carboxylic acids is 2. The molecule has 30 heavy (non-hydrogen) atoms. The zero-order valence-electron chi connectivity index (χ0n) is 16.3. The van der Waals surface area contributed by atoms with Crippen molar-refractivity contribution < 1.29 is 30.0 Å². The Kier molecular flexibility index (Phi) is 10.5. The van der Waals surface area contributed by atoms with E-state index in [1.807, 2.05) is 54.6 Å². The fourth-order valence-corrected chi connectivity index (χ4v) is 2.24. The van der Waals surface area contributed by atoms with E-state index in [9.17, 15) is 9.59 Å². The van der Waals surface area contributed by atoms with Gasteiger partial charge in [0.15, 0.2) is 0 Å². The molecule has 4 N–H and O–H groups in total. The third-order valence-corrected chi connectivity index (χ3v) is 3.64. The van der Waals surface area contributed by atoms with E-state index in [0.29, 0.717) is 0 Å². The fraction of sp³-hybridized carbons (Fsp3) is 0.0833. The molecule has 0 saturated carbocycles. The SMILES string of the molecule is C=Cc1ccccc1.O=C(O)Cc1cc(O)ccc1O.O=C(O)Cc1ccccc1. The van der Waals surface area contributed by atoms with Crippen molar-refractivity contribution in [2.24, 2.45) is 0 Å². The molecule has 0 aliphatic carbocycles. The standard InChI is InChI=1S/C8H8O4.C8H8O2.C8H8/c9-6-1-2-7(10)5(3-6)4-8(11)12;9-8(10)6-7-4-2-1-3-5-7;1-2-8-6-4-3-5-7-8/h1-3,9-10H,4H2,(H,11,12);1-5H,6H2,(H,9,10);2-7H,1H2. The van der Waals surface area contributed by atoms with Gasteiger partial charge in [-0.05, 0) is 29.3 Å². The van der Waals surface area contributed by atoms with Crippen LogP contribution < -0.4 is 0 Å². The molecule has 156 valence electrons.